The molecule has 1 aromatic heterocycles. The third-order valence-corrected chi connectivity index (χ3v) is 4.89. The molecule has 5 nitrogen and oxygen atoms in total. The molecular formula is C19H22N2O3. The van der Waals surface area contributed by atoms with E-state index >= 15 is 0 Å². The molecule has 2 aliphatic rings. The van der Waals surface area contributed by atoms with Gasteiger partial charge in [-0.1, -0.05) is 12.1 Å². The molecule has 0 spiro atoms. The van der Waals surface area contributed by atoms with E-state index in [1.165, 1.54) is 11.1 Å². The Morgan fingerprint density at radius 2 is 2.12 bits per heavy atom. The molecule has 1 saturated heterocycles. The monoisotopic (exact) mass is 326 g/mol. The first-order valence-corrected chi connectivity index (χ1v) is 8.38. The molecule has 5 heteroatoms. The molecular weight excluding hydrogens is 304 g/mol. The highest BCUT2D eigenvalue weighted by Gasteiger charge is 2.34. The van der Waals surface area contributed by atoms with Crippen molar-refractivity contribution in [2.45, 2.75) is 31.5 Å². The summed E-state index contributed by atoms with van der Waals surface area (Å²) in [5.41, 5.74) is 2.49. The van der Waals surface area contributed by atoms with Crippen molar-refractivity contribution in [3.63, 3.8) is 0 Å². The van der Waals surface area contributed by atoms with Crippen molar-refractivity contribution in [3.8, 4) is 11.5 Å². The van der Waals surface area contributed by atoms with E-state index in [1.807, 2.05) is 31.6 Å². The fraction of sp³-hybridized carbons (Fsp3) is 0.421. The summed E-state index contributed by atoms with van der Waals surface area (Å²) in [4.78, 5) is 6.73. The molecule has 3 heterocycles. The third kappa shape index (κ3) is 3.09. The average molecular weight is 326 g/mol. The Kier molecular flexibility index (Phi) is 4.36. The Bertz CT molecular complexity index is 692. The minimum absolute atomic E-state index is 0.263. The van der Waals surface area contributed by atoms with Crippen molar-refractivity contribution < 1.29 is 14.2 Å². The maximum Gasteiger partial charge on any atom is 0.231 e. The lowest BCUT2D eigenvalue weighted by Gasteiger charge is -2.27. The summed E-state index contributed by atoms with van der Waals surface area (Å²) in [7, 11) is 1.81. The van der Waals surface area contributed by atoms with E-state index in [0.717, 1.165) is 37.4 Å². The zero-order valence-electron chi connectivity index (χ0n) is 13.9. The largest absolute Gasteiger partial charge is 0.454 e. The maximum absolute atomic E-state index is 5.73. The molecule has 0 amide bonds. The minimum atomic E-state index is 0.263. The first-order chi connectivity index (χ1) is 11.8. The van der Waals surface area contributed by atoms with E-state index in [9.17, 15) is 0 Å². The van der Waals surface area contributed by atoms with Crippen LogP contribution in [0.1, 0.15) is 17.5 Å². The lowest BCUT2D eigenvalue weighted by Crippen LogP contribution is -2.37. The van der Waals surface area contributed by atoms with Gasteiger partial charge in [-0.05, 0) is 42.2 Å². The van der Waals surface area contributed by atoms with Crippen molar-refractivity contribution in [1.29, 1.82) is 0 Å². The van der Waals surface area contributed by atoms with Gasteiger partial charge in [0.05, 0.1) is 6.10 Å². The number of benzene rings is 1. The number of likely N-dealkylation sites (tertiary alicyclic amines) is 1. The van der Waals surface area contributed by atoms with Crippen molar-refractivity contribution >= 4 is 0 Å². The molecule has 1 aromatic carbocycles. The molecule has 4 rings (SSSR count). The zero-order valence-corrected chi connectivity index (χ0v) is 13.9. The van der Waals surface area contributed by atoms with Gasteiger partial charge in [-0.3, -0.25) is 9.88 Å². The first kappa shape index (κ1) is 15.4. The van der Waals surface area contributed by atoms with Gasteiger partial charge in [0.1, 0.15) is 0 Å². The van der Waals surface area contributed by atoms with Crippen LogP contribution in [0.5, 0.6) is 11.5 Å². The smallest absolute Gasteiger partial charge is 0.231 e. The third-order valence-electron chi connectivity index (χ3n) is 4.89. The van der Waals surface area contributed by atoms with Crippen LogP contribution in [0, 0.1) is 0 Å². The second kappa shape index (κ2) is 6.79. The average Bonchev–Trinajstić information content (AvgIpc) is 3.23. The first-order valence-electron chi connectivity index (χ1n) is 8.38. The van der Waals surface area contributed by atoms with E-state index in [0.29, 0.717) is 12.8 Å². The second-order valence-electron chi connectivity index (χ2n) is 6.35. The van der Waals surface area contributed by atoms with Gasteiger partial charge in [-0.25, -0.2) is 0 Å². The number of rotatable bonds is 5. The molecule has 126 valence electrons. The lowest BCUT2D eigenvalue weighted by molar-refractivity contribution is 0.0638. The predicted molar refractivity (Wildman–Crippen MR) is 90.1 cm³/mol. The number of ether oxygens (including phenoxy) is 3. The molecule has 1 fully saturated rings. The van der Waals surface area contributed by atoms with Gasteiger partial charge in [0.15, 0.2) is 11.5 Å². The molecule has 24 heavy (non-hydrogen) atoms. The number of aromatic nitrogens is 1. The minimum Gasteiger partial charge on any atom is -0.454 e. The number of nitrogens with zero attached hydrogens (tertiary/aromatic N) is 2. The van der Waals surface area contributed by atoms with Gasteiger partial charge >= 0.3 is 0 Å². The van der Waals surface area contributed by atoms with Crippen LogP contribution in [-0.4, -0.2) is 42.5 Å². The standard InChI is InChI=1S/C19H22N2O3/c1-22-17-6-8-21(16(17)9-14-3-2-7-20-11-14)12-15-4-5-18-19(10-15)24-13-23-18/h2-5,7,10-11,16-17H,6,8-9,12-13H2,1H3/t16-,17-/m0/s1. The van der Waals surface area contributed by atoms with E-state index in [4.69, 9.17) is 14.2 Å². The van der Waals surface area contributed by atoms with Crippen LogP contribution < -0.4 is 9.47 Å². The van der Waals surface area contributed by atoms with Gasteiger partial charge in [-0.15, -0.1) is 0 Å². The zero-order chi connectivity index (χ0) is 16.4. The second-order valence-corrected chi connectivity index (χ2v) is 6.35. The SMILES string of the molecule is CO[C@H]1CCN(Cc2ccc3c(c2)OCO3)[C@H]1Cc1cccnc1. The van der Waals surface area contributed by atoms with Gasteiger partial charge in [0, 0.05) is 38.6 Å². The lowest BCUT2D eigenvalue weighted by atomic mass is 10.0. The molecule has 0 aliphatic carbocycles. The fourth-order valence-electron chi connectivity index (χ4n) is 3.65. The predicted octanol–water partition coefficient (Wildman–Crippen LogP) is 2.64. The maximum atomic E-state index is 5.73. The molecule has 0 unspecified atom stereocenters. The van der Waals surface area contributed by atoms with Crippen LogP contribution in [0.3, 0.4) is 0 Å². The summed E-state index contributed by atoms with van der Waals surface area (Å²) in [5, 5.41) is 0. The molecule has 0 radical (unpaired) electrons. The van der Waals surface area contributed by atoms with Crippen LogP contribution in [0.4, 0.5) is 0 Å². The molecule has 2 aromatic rings. The van der Waals surface area contributed by atoms with E-state index in [1.54, 1.807) is 0 Å². The molecule has 2 aliphatic heterocycles. The molecule has 0 bridgehead atoms. The van der Waals surface area contributed by atoms with Crippen molar-refractivity contribution in [2.24, 2.45) is 0 Å². The topological polar surface area (TPSA) is 43.8 Å². The van der Waals surface area contributed by atoms with Crippen LogP contribution in [-0.2, 0) is 17.7 Å². The number of hydrogen-bond acceptors (Lipinski definition) is 5. The molecule has 0 saturated carbocycles. The van der Waals surface area contributed by atoms with Gasteiger partial charge in [-0.2, -0.15) is 0 Å². The Morgan fingerprint density at radius 1 is 1.21 bits per heavy atom. The summed E-state index contributed by atoms with van der Waals surface area (Å²) >= 11 is 0. The highest BCUT2D eigenvalue weighted by molar-refractivity contribution is 5.44. The quantitative estimate of drug-likeness (QED) is 0.845. The number of pyridine rings is 1. The van der Waals surface area contributed by atoms with Crippen molar-refractivity contribution in [3.05, 3.63) is 53.9 Å². The number of methoxy groups -OCH3 is 1. The summed E-state index contributed by atoms with van der Waals surface area (Å²) < 4.78 is 16.6. The van der Waals surface area contributed by atoms with Crippen molar-refractivity contribution in [1.82, 2.24) is 9.88 Å². The summed E-state index contributed by atoms with van der Waals surface area (Å²) in [6.07, 6.45) is 6.04. The van der Waals surface area contributed by atoms with E-state index < -0.39 is 0 Å². The Morgan fingerprint density at radius 3 is 2.96 bits per heavy atom. The number of hydrogen-bond donors (Lipinski definition) is 0. The molecule has 0 N–H and O–H groups in total. The summed E-state index contributed by atoms with van der Waals surface area (Å²) in [6, 6.07) is 10.7. The highest BCUT2D eigenvalue weighted by Crippen LogP contribution is 2.34. The van der Waals surface area contributed by atoms with Crippen LogP contribution >= 0.6 is 0 Å². The Hall–Kier alpha value is -2.11. The van der Waals surface area contributed by atoms with E-state index in [2.05, 4.69) is 28.1 Å². The Labute approximate surface area is 142 Å². The summed E-state index contributed by atoms with van der Waals surface area (Å²) in [5.74, 6) is 1.68. The normalized spacial score (nSPS) is 22.9. The van der Waals surface area contributed by atoms with Crippen LogP contribution in [0.25, 0.3) is 0 Å². The highest BCUT2D eigenvalue weighted by atomic mass is 16.7. The fourth-order valence-corrected chi connectivity index (χ4v) is 3.65. The van der Waals surface area contributed by atoms with Crippen LogP contribution in [0.2, 0.25) is 0 Å². The van der Waals surface area contributed by atoms with Crippen molar-refractivity contribution in [2.75, 3.05) is 20.4 Å². The number of fused-ring (bicyclic) bond motifs is 1. The van der Waals surface area contributed by atoms with E-state index in [-0.39, 0.29) is 6.10 Å². The molecule has 2 atom stereocenters. The van der Waals surface area contributed by atoms with Gasteiger partial charge < -0.3 is 14.2 Å². The summed E-state index contributed by atoms with van der Waals surface area (Å²) in [6.45, 7) is 2.25. The van der Waals surface area contributed by atoms with Crippen LogP contribution in [0.15, 0.2) is 42.7 Å². The van der Waals surface area contributed by atoms with Gasteiger partial charge in [0.2, 0.25) is 6.79 Å². The van der Waals surface area contributed by atoms with Gasteiger partial charge in [0.25, 0.3) is 0 Å². The Balaban J connectivity index is 1.50.